The van der Waals surface area contributed by atoms with E-state index in [0.29, 0.717) is 11.8 Å². The third kappa shape index (κ3) is 3.05. The number of hydrogen-bond donors (Lipinski definition) is 2. The fourth-order valence-corrected chi connectivity index (χ4v) is 1.24. The molecule has 0 atom stereocenters. The zero-order valence-corrected chi connectivity index (χ0v) is 8.42. The molecular weight excluding hydrogens is 166 g/mol. The van der Waals surface area contributed by atoms with Gasteiger partial charge in [0.25, 0.3) is 0 Å². The first kappa shape index (κ1) is 10.0. The normalized spacial score (nSPS) is 17.4. The average molecular weight is 183 g/mol. The molecule has 0 aromatic carbocycles. The Balaban J connectivity index is 2.48. The SMILES string of the molecule is CNC(=O)N/N=C(/C(C)C)C1CC1. The van der Waals surface area contributed by atoms with Crippen molar-refractivity contribution in [1.82, 2.24) is 10.7 Å². The third-order valence-corrected chi connectivity index (χ3v) is 2.10. The van der Waals surface area contributed by atoms with Crippen molar-refractivity contribution in [3.05, 3.63) is 0 Å². The van der Waals surface area contributed by atoms with Crippen LogP contribution in [0.1, 0.15) is 26.7 Å². The second-order valence-corrected chi connectivity index (χ2v) is 3.66. The summed E-state index contributed by atoms with van der Waals surface area (Å²) in [6, 6.07) is -0.251. The van der Waals surface area contributed by atoms with Crippen LogP contribution in [-0.2, 0) is 0 Å². The summed E-state index contributed by atoms with van der Waals surface area (Å²) in [7, 11) is 1.58. The van der Waals surface area contributed by atoms with Crippen molar-refractivity contribution >= 4 is 11.7 Å². The number of hydrazone groups is 1. The van der Waals surface area contributed by atoms with Crippen molar-refractivity contribution < 1.29 is 4.79 Å². The minimum Gasteiger partial charge on any atom is -0.340 e. The van der Waals surface area contributed by atoms with E-state index in [1.165, 1.54) is 12.8 Å². The molecule has 0 spiro atoms. The van der Waals surface area contributed by atoms with Crippen LogP contribution in [0.25, 0.3) is 0 Å². The van der Waals surface area contributed by atoms with Gasteiger partial charge in [-0.3, -0.25) is 0 Å². The van der Waals surface area contributed by atoms with Crippen LogP contribution < -0.4 is 10.7 Å². The van der Waals surface area contributed by atoms with Crippen LogP contribution >= 0.6 is 0 Å². The number of urea groups is 1. The number of nitrogens with one attached hydrogen (secondary N) is 2. The fraction of sp³-hybridized carbons (Fsp3) is 0.778. The van der Waals surface area contributed by atoms with E-state index >= 15 is 0 Å². The molecule has 2 N–H and O–H groups in total. The molecule has 0 aromatic rings. The molecule has 0 bridgehead atoms. The highest BCUT2D eigenvalue weighted by Crippen LogP contribution is 2.33. The maximum absolute atomic E-state index is 10.9. The van der Waals surface area contributed by atoms with E-state index in [1.54, 1.807) is 7.05 Å². The number of carbonyl (C=O) groups is 1. The minimum atomic E-state index is -0.251. The molecule has 1 rings (SSSR count). The van der Waals surface area contributed by atoms with Crippen molar-refractivity contribution in [2.24, 2.45) is 16.9 Å². The smallest absolute Gasteiger partial charge is 0.334 e. The number of rotatable bonds is 3. The molecule has 0 heterocycles. The molecule has 1 saturated carbocycles. The van der Waals surface area contributed by atoms with Crippen LogP contribution in [-0.4, -0.2) is 18.8 Å². The van der Waals surface area contributed by atoms with Crippen LogP contribution in [0.15, 0.2) is 5.10 Å². The molecule has 4 nitrogen and oxygen atoms in total. The second kappa shape index (κ2) is 4.25. The van der Waals surface area contributed by atoms with E-state index in [0.717, 1.165) is 5.71 Å². The van der Waals surface area contributed by atoms with Crippen molar-refractivity contribution in [3.8, 4) is 0 Å². The lowest BCUT2D eigenvalue weighted by molar-refractivity contribution is 0.243. The first-order valence-corrected chi connectivity index (χ1v) is 4.70. The topological polar surface area (TPSA) is 53.5 Å². The van der Waals surface area contributed by atoms with Crippen molar-refractivity contribution in [2.45, 2.75) is 26.7 Å². The summed E-state index contributed by atoms with van der Waals surface area (Å²) in [4.78, 5) is 10.9. The summed E-state index contributed by atoms with van der Waals surface area (Å²) in [5, 5.41) is 6.57. The van der Waals surface area contributed by atoms with Crippen LogP contribution in [0, 0.1) is 11.8 Å². The average Bonchev–Trinajstić information content (AvgIpc) is 2.87. The Morgan fingerprint density at radius 3 is 2.46 bits per heavy atom. The highest BCUT2D eigenvalue weighted by Gasteiger charge is 2.29. The Labute approximate surface area is 78.8 Å². The van der Waals surface area contributed by atoms with Gasteiger partial charge >= 0.3 is 6.03 Å². The van der Waals surface area contributed by atoms with E-state index in [-0.39, 0.29) is 6.03 Å². The van der Waals surface area contributed by atoms with Crippen LogP contribution in [0.3, 0.4) is 0 Å². The summed E-state index contributed by atoms with van der Waals surface area (Å²) in [6.07, 6.45) is 2.43. The van der Waals surface area contributed by atoms with Gasteiger partial charge in [-0.25, -0.2) is 10.2 Å². The van der Waals surface area contributed by atoms with Gasteiger partial charge < -0.3 is 5.32 Å². The number of nitrogens with zero attached hydrogens (tertiary/aromatic N) is 1. The summed E-state index contributed by atoms with van der Waals surface area (Å²) >= 11 is 0. The van der Waals surface area contributed by atoms with Gasteiger partial charge in [-0.1, -0.05) is 13.8 Å². The second-order valence-electron chi connectivity index (χ2n) is 3.66. The molecule has 2 amide bonds. The zero-order valence-electron chi connectivity index (χ0n) is 8.42. The lowest BCUT2D eigenvalue weighted by Gasteiger charge is -2.08. The maximum atomic E-state index is 10.9. The molecule has 0 unspecified atom stereocenters. The summed E-state index contributed by atoms with van der Waals surface area (Å²) in [5.41, 5.74) is 3.59. The largest absolute Gasteiger partial charge is 0.340 e. The highest BCUT2D eigenvalue weighted by molar-refractivity contribution is 5.91. The molecule has 1 aliphatic carbocycles. The predicted molar refractivity (Wildman–Crippen MR) is 52.6 cm³/mol. The van der Waals surface area contributed by atoms with E-state index in [1.807, 2.05) is 0 Å². The maximum Gasteiger partial charge on any atom is 0.334 e. The Hall–Kier alpha value is -1.06. The van der Waals surface area contributed by atoms with E-state index in [2.05, 4.69) is 29.7 Å². The van der Waals surface area contributed by atoms with Crippen LogP contribution in [0.5, 0.6) is 0 Å². The van der Waals surface area contributed by atoms with Gasteiger partial charge in [0.1, 0.15) is 0 Å². The van der Waals surface area contributed by atoms with Crippen LogP contribution in [0.4, 0.5) is 4.79 Å². The lowest BCUT2D eigenvalue weighted by Crippen LogP contribution is -2.30. The van der Waals surface area contributed by atoms with Gasteiger partial charge in [-0.2, -0.15) is 5.10 Å². The zero-order chi connectivity index (χ0) is 9.84. The number of hydrogen-bond acceptors (Lipinski definition) is 2. The standard InChI is InChI=1S/C9H17N3O/c1-6(2)8(7-4-5-7)11-12-9(13)10-3/h6-7H,4-5H2,1-3H3,(H2,10,12,13)/b11-8-. The molecule has 74 valence electrons. The first-order valence-electron chi connectivity index (χ1n) is 4.70. The van der Waals surface area contributed by atoms with E-state index in [9.17, 15) is 4.79 Å². The van der Waals surface area contributed by atoms with Gasteiger partial charge in [0.05, 0.1) is 0 Å². The quantitative estimate of drug-likeness (QED) is 0.503. The Bertz CT molecular complexity index is 215. The van der Waals surface area contributed by atoms with Gasteiger partial charge in [0.2, 0.25) is 0 Å². The molecule has 0 aliphatic heterocycles. The minimum absolute atomic E-state index is 0.251. The van der Waals surface area contributed by atoms with Gasteiger partial charge in [-0.05, 0) is 24.7 Å². The number of carbonyl (C=O) groups excluding carboxylic acids is 1. The van der Waals surface area contributed by atoms with Crippen LogP contribution in [0.2, 0.25) is 0 Å². The van der Waals surface area contributed by atoms with Gasteiger partial charge in [0.15, 0.2) is 0 Å². The summed E-state index contributed by atoms with van der Waals surface area (Å²) in [6.45, 7) is 4.20. The lowest BCUT2D eigenvalue weighted by atomic mass is 10.0. The third-order valence-electron chi connectivity index (χ3n) is 2.10. The molecule has 1 aliphatic rings. The predicted octanol–water partition coefficient (Wildman–Crippen LogP) is 1.34. The molecule has 13 heavy (non-hydrogen) atoms. The van der Waals surface area contributed by atoms with Gasteiger partial charge in [-0.15, -0.1) is 0 Å². The van der Waals surface area contributed by atoms with Gasteiger partial charge in [0, 0.05) is 12.8 Å². The van der Waals surface area contributed by atoms with E-state index < -0.39 is 0 Å². The van der Waals surface area contributed by atoms with Crippen molar-refractivity contribution in [1.29, 1.82) is 0 Å². The highest BCUT2D eigenvalue weighted by atomic mass is 16.2. The first-order chi connectivity index (χ1) is 6.15. The number of amides is 2. The van der Waals surface area contributed by atoms with Crippen molar-refractivity contribution in [3.63, 3.8) is 0 Å². The molecule has 0 radical (unpaired) electrons. The molecule has 0 saturated heterocycles. The Morgan fingerprint density at radius 2 is 2.08 bits per heavy atom. The van der Waals surface area contributed by atoms with E-state index in [4.69, 9.17) is 0 Å². The Kier molecular flexibility index (Phi) is 3.28. The van der Waals surface area contributed by atoms with Crippen molar-refractivity contribution in [2.75, 3.05) is 7.05 Å². The molecular formula is C9H17N3O. The fourth-order valence-electron chi connectivity index (χ4n) is 1.24. The summed E-state index contributed by atoms with van der Waals surface area (Å²) in [5.74, 6) is 1.03. The summed E-state index contributed by atoms with van der Waals surface area (Å²) < 4.78 is 0. The monoisotopic (exact) mass is 183 g/mol. The molecule has 1 fully saturated rings. The molecule has 4 heteroatoms. The Morgan fingerprint density at radius 1 is 1.46 bits per heavy atom. The molecule has 0 aromatic heterocycles.